The number of ether oxygens (including phenoxy) is 2. The van der Waals surface area contributed by atoms with E-state index in [-0.39, 0.29) is 18.5 Å². The number of aryl methyl sites for hydroxylation is 1. The normalized spacial score (nSPS) is 15.4. The zero-order valence-corrected chi connectivity index (χ0v) is 16.1. The molecule has 144 valence electrons. The second kappa shape index (κ2) is 9.43. The average molecular weight is 364 g/mol. The molecule has 1 atom stereocenters. The van der Waals surface area contributed by atoms with Gasteiger partial charge in [0.1, 0.15) is 6.54 Å². The topological polar surface area (TPSA) is 81.1 Å². The van der Waals surface area contributed by atoms with Gasteiger partial charge in [0.15, 0.2) is 18.0 Å². The van der Waals surface area contributed by atoms with Crippen LogP contribution in [0.3, 0.4) is 0 Å². The summed E-state index contributed by atoms with van der Waals surface area (Å²) in [7, 11) is 5.13. The molecule has 1 aromatic carbocycles. The van der Waals surface area contributed by atoms with Crippen LogP contribution in [0.2, 0.25) is 0 Å². The van der Waals surface area contributed by atoms with Crippen LogP contribution in [0.5, 0.6) is 11.5 Å². The summed E-state index contributed by atoms with van der Waals surface area (Å²) in [6.07, 6.45) is 4.25. The Balaban J connectivity index is 1.86. The maximum Gasteiger partial charge on any atom is 0.321 e. The standard InChI is InChI=1S/C19H29N3O4/c1-13-9-16(25-3)17(26-4)10-14(13)11-22(2)12-18(23)21-19(24)20-15-7-5-6-8-15/h9-10,15H,5-8,11-12H2,1-4H3,(H2,20,21,23,24)/p+1. The maximum atomic E-state index is 12.1. The Labute approximate surface area is 155 Å². The van der Waals surface area contributed by atoms with E-state index in [1.54, 1.807) is 14.2 Å². The van der Waals surface area contributed by atoms with Crippen molar-refractivity contribution in [2.45, 2.75) is 45.2 Å². The molecule has 1 aliphatic rings. The van der Waals surface area contributed by atoms with Crippen molar-refractivity contribution in [3.05, 3.63) is 23.3 Å². The minimum absolute atomic E-state index is 0.197. The maximum absolute atomic E-state index is 12.1. The number of imide groups is 1. The smallest absolute Gasteiger partial charge is 0.321 e. The number of amides is 3. The largest absolute Gasteiger partial charge is 0.493 e. The van der Waals surface area contributed by atoms with Crippen LogP contribution in [0, 0.1) is 6.92 Å². The fraction of sp³-hybridized carbons (Fsp3) is 0.579. The molecule has 0 aromatic heterocycles. The molecule has 1 saturated carbocycles. The highest BCUT2D eigenvalue weighted by molar-refractivity contribution is 5.94. The summed E-state index contributed by atoms with van der Waals surface area (Å²) in [5.74, 6) is 1.07. The van der Waals surface area contributed by atoms with Gasteiger partial charge in [0.05, 0.1) is 21.3 Å². The molecule has 0 heterocycles. The first-order valence-electron chi connectivity index (χ1n) is 9.06. The zero-order valence-electron chi connectivity index (χ0n) is 16.1. The van der Waals surface area contributed by atoms with Gasteiger partial charge in [-0.05, 0) is 37.5 Å². The molecule has 2 rings (SSSR count). The second-order valence-corrected chi connectivity index (χ2v) is 6.95. The summed E-state index contributed by atoms with van der Waals surface area (Å²) in [4.78, 5) is 25.0. The van der Waals surface area contributed by atoms with Crippen molar-refractivity contribution in [3.8, 4) is 11.5 Å². The molecule has 0 aliphatic heterocycles. The minimum atomic E-state index is -0.392. The van der Waals surface area contributed by atoms with Crippen LogP contribution in [0.4, 0.5) is 4.79 Å². The van der Waals surface area contributed by atoms with Crippen LogP contribution in [-0.4, -0.2) is 45.8 Å². The van der Waals surface area contributed by atoms with E-state index in [1.165, 1.54) is 0 Å². The van der Waals surface area contributed by atoms with Gasteiger partial charge in [-0.1, -0.05) is 12.8 Å². The first-order chi connectivity index (χ1) is 12.4. The highest BCUT2D eigenvalue weighted by Crippen LogP contribution is 2.29. The summed E-state index contributed by atoms with van der Waals surface area (Å²) in [5, 5.41) is 5.28. The molecular weight excluding hydrogens is 334 g/mol. The lowest BCUT2D eigenvalue weighted by molar-refractivity contribution is -0.885. The van der Waals surface area contributed by atoms with Crippen LogP contribution in [0.25, 0.3) is 0 Å². The van der Waals surface area contributed by atoms with Gasteiger partial charge in [0.25, 0.3) is 5.91 Å². The number of quaternary nitrogens is 1. The van der Waals surface area contributed by atoms with E-state index < -0.39 is 6.03 Å². The fourth-order valence-electron chi connectivity index (χ4n) is 3.34. The quantitative estimate of drug-likeness (QED) is 0.668. The number of methoxy groups -OCH3 is 2. The van der Waals surface area contributed by atoms with E-state index in [1.807, 2.05) is 26.1 Å². The Morgan fingerprint density at radius 3 is 2.38 bits per heavy atom. The monoisotopic (exact) mass is 364 g/mol. The molecular formula is C19H30N3O4+. The van der Waals surface area contributed by atoms with Gasteiger partial charge in [-0.25, -0.2) is 4.79 Å². The molecule has 7 nitrogen and oxygen atoms in total. The van der Waals surface area contributed by atoms with Crippen LogP contribution < -0.4 is 25.0 Å². The van der Waals surface area contributed by atoms with E-state index >= 15 is 0 Å². The molecule has 1 fully saturated rings. The van der Waals surface area contributed by atoms with Crippen LogP contribution in [-0.2, 0) is 11.3 Å². The SMILES string of the molecule is COc1cc(C)c(C[NH+](C)CC(=O)NC(=O)NC2CCCC2)cc1OC. The number of urea groups is 1. The number of carbonyl (C=O) groups is 2. The molecule has 3 amide bonds. The van der Waals surface area contributed by atoms with Crippen molar-refractivity contribution in [2.75, 3.05) is 27.8 Å². The first kappa shape index (κ1) is 20.0. The molecule has 0 bridgehead atoms. The van der Waals surface area contributed by atoms with E-state index in [9.17, 15) is 9.59 Å². The number of rotatable bonds is 7. The highest BCUT2D eigenvalue weighted by Gasteiger charge is 2.20. The number of hydrogen-bond acceptors (Lipinski definition) is 4. The summed E-state index contributed by atoms with van der Waals surface area (Å²) < 4.78 is 10.6. The molecule has 7 heteroatoms. The van der Waals surface area contributed by atoms with E-state index in [0.29, 0.717) is 18.0 Å². The molecule has 1 aliphatic carbocycles. The van der Waals surface area contributed by atoms with Crippen molar-refractivity contribution in [3.63, 3.8) is 0 Å². The molecule has 0 radical (unpaired) electrons. The van der Waals surface area contributed by atoms with Crippen LogP contribution in [0.15, 0.2) is 12.1 Å². The number of carbonyl (C=O) groups excluding carboxylic acids is 2. The van der Waals surface area contributed by atoms with Crippen molar-refractivity contribution in [1.29, 1.82) is 0 Å². The predicted molar refractivity (Wildman–Crippen MR) is 98.7 cm³/mol. The summed E-state index contributed by atoms with van der Waals surface area (Å²) >= 11 is 0. The van der Waals surface area contributed by atoms with E-state index in [4.69, 9.17) is 9.47 Å². The summed E-state index contributed by atoms with van der Waals surface area (Å²) in [5.41, 5.74) is 2.14. The lowest BCUT2D eigenvalue weighted by Gasteiger charge is -2.17. The minimum Gasteiger partial charge on any atom is -0.493 e. The van der Waals surface area contributed by atoms with Gasteiger partial charge < -0.3 is 19.7 Å². The number of benzene rings is 1. The molecule has 1 aromatic rings. The Morgan fingerprint density at radius 2 is 1.77 bits per heavy atom. The number of likely N-dealkylation sites (N-methyl/N-ethyl adjacent to an activating group) is 1. The first-order valence-corrected chi connectivity index (χ1v) is 9.06. The summed E-state index contributed by atoms with van der Waals surface area (Å²) in [6, 6.07) is 3.66. The van der Waals surface area contributed by atoms with Crippen LogP contribution >= 0.6 is 0 Å². The zero-order chi connectivity index (χ0) is 19.1. The third kappa shape index (κ3) is 5.62. The molecule has 0 spiro atoms. The van der Waals surface area contributed by atoms with E-state index in [2.05, 4.69) is 10.6 Å². The van der Waals surface area contributed by atoms with Gasteiger partial charge in [-0.2, -0.15) is 0 Å². The van der Waals surface area contributed by atoms with Crippen LogP contribution in [0.1, 0.15) is 36.8 Å². The fourth-order valence-corrected chi connectivity index (χ4v) is 3.34. The van der Waals surface area contributed by atoms with Gasteiger partial charge in [0.2, 0.25) is 0 Å². The Bertz CT molecular complexity index is 642. The van der Waals surface area contributed by atoms with Crippen molar-refractivity contribution >= 4 is 11.9 Å². The average Bonchev–Trinajstić information content (AvgIpc) is 3.08. The van der Waals surface area contributed by atoms with Gasteiger partial charge in [-0.15, -0.1) is 0 Å². The highest BCUT2D eigenvalue weighted by atomic mass is 16.5. The third-order valence-electron chi connectivity index (χ3n) is 4.74. The van der Waals surface area contributed by atoms with Crippen molar-refractivity contribution < 1.29 is 24.0 Å². The number of hydrogen-bond donors (Lipinski definition) is 3. The predicted octanol–water partition coefficient (Wildman–Crippen LogP) is 0.795. The summed E-state index contributed by atoms with van der Waals surface area (Å²) in [6.45, 7) is 2.86. The Hall–Kier alpha value is -2.28. The number of nitrogens with one attached hydrogen (secondary N) is 3. The molecule has 1 unspecified atom stereocenters. The molecule has 3 N–H and O–H groups in total. The van der Waals surface area contributed by atoms with Gasteiger partial charge >= 0.3 is 6.03 Å². The lowest BCUT2D eigenvalue weighted by Crippen LogP contribution is -3.09. The van der Waals surface area contributed by atoms with Gasteiger partial charge in [0, 0.05) is 11.6 Å². The Kier molecular flexibility index (Phi) is 7.26. The molecule has 26 heavy (non-hydrogen) atoms. The van der Waals surface area contributed by atoms with E-state index in [0.717, 1.165) is 41.7 Å². The third-order valence-corrected chi connectivity index (χ3v) is 4.74. The van der Waals surface area contributed by atoms with Crippen molar-refractivity contribution in [2.24, 2.45) is 0 Å². The second-order valence-electron chi connectivity index (χ2n) is 6.95. The van der Waals surface area contributed by atoms with Gasteiger partial charge in [-0.3, -0.25) is 10.1 Å². The molecule has 0 saturated heterocycles. The van der Waals surface area contributed by atoms with Crippen molar-refractivity contribution in [1.82, 2.24) is 10.6 Å². The lowest BCUT2D eigenvalue weighted by atomic mass is 10.1. The Morgan fingerprint density at radius 1 is 1.15 bits per heavy atom.